The number of carbonyl (C=O) groups excluding carboxylic acids is 1. The summed E-state index contributed by atoms with van der Waals surface area (Å²) in [4.78, 5) is 14.5. The molecule has 1 aliphatic rings. The number of benzene rings is 2. The molecule has 1 atom stereocenters. The highest BCUT2D eigenvalue weighted by molar-refractivity contribution is 9.10. The molecule has 0 aliphatic carbocycles. The van der Waals surface area contributed by atoms with Gasteiger partial charge in [-0.25, -0.2) is 0 Å². The Bertz CT molecular complexity index is 692. The van der Waals surface area contributed by atoms with Crippen LogP contribution < -0.4 is 4.90 Å². The number of rotatable bonds is 1. The van der Waals surface area contributed by atoms with Gasteiger partial charge in [0.25, 0.3) is 0 Å². The zero-order valence-corrected chi connectivity index (χ0v) is 15.9. The maximum atomic E-state index is 12.7. The van der Waals surface area contributed by atoms with Gasteiger partial charge in [-0.1, -0.05) is 31.9 Å². The molecule has 22 heavy (non-hydrogen) atoms. The predicted molar refractivity (Wildman–Crippen MR) is 98.2 cm³/mol. The smallest absolute Gasteiger partial charge is 0.249 e. The third kappa shape index (κ3) is 2.97. The molecule has 1 amide bonds. The van der Waals surface area contributed by atoms with Crippen LogP contribution in [0.5, 0.6) is 0 Å². The first-order valence-corrected chi connectivity index (χ1v) is 9.04. The van der Waals surface area contributed by atoms with Crippen molar-refractivity contribution in [2.75, 3.05) is 4.90 Å². The van der Waals surface area contributed by atoms with Gasteiger partial charge in [0.2, 0.25) is 5.91 Å². The minimum Gasteiger partial charge on any atom is -0.279 e. The Morgan fingerprint density at radius 2 is 1.50 bits per heavy atom. The van der Waals surface area contributed by atoms with E-state index in [4.69, 9.17) is 11.6 Å². The molecular weight excluding hydrogens is 429 g/mol. The summed E-state index contributed by atoms with van der Waals surface area (Å²) in [5, 5.41) is -0.578. The third-order valence-electron chi connectivity index (χ3n) is 3.79. The van der Waals surface area contributed by atoms with Crippen molar-refractivity contribution in [2.45, 2.75) is 25.1 Å². The van der Waals surface area contributed by atoms with E-state index in [1.165, 1.54) is 0 Å². The van der Waals surface area contributed by atoms with E-state index in [1.54, 1.807) is 11.8 Å². The molecule has 0 N–H and O–H groups in total. The Kier molecular flexibility index (Phi) is 4.62. The van der Waals surface area contributed by atoms with Gasteiger partial charge in [0, 0.05) is 8.95 Å². The van der Waals surface area contributed by atoms with Gasteiger partial charge in [-0.3, -0.25) is 9.69 Å². The molecule has 0 bridgehead atoms. The Hall–Kier alpha value is -0.840. The lowest BCUT2D eigenvalue weighted by atomic mass is 10.0. The van der Waals surface area contributed by atoms with Crippen molar-refractivity contribution in [1.29, 1.82) is 0 Å². The van der Waals surface area contributed by atoms with E-state index in [-0.39, 0.29) is 5.91 Å². The largest absolute Gasteiger partial charge is 0.279 e. The minimum absolute atomic E-state index is 0.101. The maximum Gasteiger partial charge on any atom is 0.249 e. The molecule has 114 valence electrons. The van der Waals surface area contributed by atoms with Crippen LogP contribution in [0.15, 0.2) is 45.3 Å². The van der Waals surface area contributed by atoms with Gasteiger partial charge in [-0.05, 0) is 67.3 Å². The number of amides is 1. The summed E-state index contributed by atoms with van der Waals surface area (Å²) in [7, 11) is 0. The molecule has 2 aromatic rings. The van der Waals surface area contributed by atoms with Crippen molar-refractivity contribution in [3.05, 3.63) is 56.5 Å². The normalized spacial score (nSPS) is 14.8. The van der Waals surface area contributed by atoms with Crippen molar-refractivity contribution >= 4 is 60.7 Å². The van der Waals surface area contributed by atoms with Crippen LogP contribution in [0.25, 0.3) is 0 Å². The van der Waals surface area contributed by atoms with Gasteiger partial charge >= 0.3 is 0 Å². The second-order valence-electron chi connectivity index (χ2n) is 5.34. The molecule has 2 aromatic carbocycles. The number of nitrogens with zero attached hydrogens (tertiary/aromatic N) is 1. The highest BCUT2D eigenvalue weighted by atomic mass is 79.9. The summed E-state index contributed by atoms with van der Waals surface area (Å²) in [6, 6.07) is 12.0. The Morgan fingerprint density at radius 1 is 1.05 bits per heavy atom. The van der Waals surface area contributed by atoms with Gasteiger partial charge in [0.05, 0.1) is 11.4 Å². The fourth-order valence-electron chi connectivity index (χ4n) is 2.76. The van der Waals surface area contributed by atoms with E-state index in [1.807, 2.05) is 24.3 Å². The molecule has 0 saturated carbocycles. The second kappa shape index (κ2) is 6.34. The molecule has 1 heterocycles. The summed E-state index contributed by atoms with van der Waals surface area (Å²) >= 11 is 13.1. The van der Waals surface area contributed by atoms with Gasteiger partial charge in [0.1, 0.15) is 5.38 Å². The highest BCUT2D eigenvalue weighted by Gasteiger charge is 2.28. The van der Waals surface area contributed by atoms with Crippen LogP contribution in [0.3, 0.4) is 0 Å². The van der Waals surface area contributed by atoms with Gasteiger partial charge in [-0.2, -0.15) is 0 Å². The molecule has 1 unspecified atom stereocenters. The average Bonchev–Trinajstić information content (AvgIpc) is 2.62. The molecule has 0 aromatic heterocycles. The number of hydrogen-bond donors (Lipinski definition) is 0. The Balaban J connectivity index is 2.23. The number of halogens is 3. The van der Waals surface area contributed by atoms with E-state index in [0.717, 1.165) is 44.3 Å². The molecule has 2 nitrogen and oxygen atoms in total. The van der Waals surface area contributed by atoms with E-state index < -0.39 is 5.38 Å². The first-order chi connectivity index (χ1) is 10.5. The van der Waals surface area contributed by atoms with Crippen LogP contribution in [-0.4, -0.2) is 11.3 Å². The topological polar surface area (TPSA) is 20.3 Å². The summed E-state index contributed by atoms with van der Waals surface area (Å²) in [6.45, 7) is 1.71. The SMILES string of the molecule is CC(Cl)C(=O)N1c2ccc(Br)cc2CCc2cc(Br)ccc21. The zero-order chi connectivity index (χ0) is 15.9. The lowest BCUT2D eigenvalue weighted by Crippen LogP contribution is -2.32. The molecule has 5 heteroatoms. The van der Waals surface area contributed by atoms with Gasteiger partial charge < -0.3 is 0 Å². The quantitative estimate of drug-likeness (QED) is 0.525. The van der Waals surface area contributed by atoms with Crippen LogP contribution >= 0.6 is 43.5 Å². The van der Waals surface area contributed by atoms with Gasteiger partial charge in [-0.15, -0.1) is 11.6 Å². The summed E-state index contributed by atoms with van der Waals surface area (Å²) in [6.07, 6.45) is 1.78. The van der Waals surface area contributed by atoms with E-state index in [9.17, 15) is 4.79 Å². The fraction of sp³-hybridized carbons (Fsp3) is 0.235. The third-order valence-corrected chi connectivity index (χ3v) is 4.96. The molecule has 0 saturated heterocycles. The van der Waals surface area contributed by atoms with Crippen molar-refractivity contribution in [2.24, 2.45) is 0 Å². The highest BCUT2D eigenvalue weighted by Crippen LogP contribution is 2.39. The molecule has 0 spiro atoms. The predicted octanol–water partition coefficient (Wildman–Crippen LogP) is 5.60. The number of carbonyl (C=O) groups is 1. The maximum absolute atomic E-state index is 12.7. The molecule has 3 rings (SSSR count). The Morgan fingerprint density at radius 3 is 1.91 bits per heavy atom. The van der Waals surface area contributed by atoms with Crippen LogP contribution in [-0.2, 0) is 17.6 Å². The van der Waals surface area contributed by atoms with Crippen molar-refractivity contribution in [3.8, 4) is 0 Å². The molecule has 0 fully saturated rings. The zero-order valence-electron chi connectivity index (χ0n) is 11.9. The van der Waals surface area contributed by atoms with Crippen LogP contribution in [0, 0.1) is 0 Å². The van der Waals surface area contributed by atoms with Crippen molar-refractivity contribution < 1.29 is 4.79 Å². The molecule has 0 radical (unpaired) electrons. The molecular formula is C17H14Br2ClNO. The summed E-state index contributed by atoms with van der Waals surface area (Å²) < 4.78 is 2.04. The minimum atomic E-state index is -0.578. The summed E-state index contributed by atoms with van der Waals surface area (Å²) in [5.74, 6) is -0.101. The summed E-state index contributed by atoms with van der Waals surface area (Å²) in [5.41, 5.74) is 4.13. The number of anilines is 2. The van der Waals surface area contributed by atoms with E-state index >= 15 is 0 Å². The first-order valence-electron chi connectivity index (χ1n) is 7.02. The monoisotopic (exact) mass is 441 g/mol. The van der Waals surface area contributed by atoms with E-state index in [2.05, 4.69) is 44.0 Å². The van der Waals surface area contributed by atoms with Crippen LogP contribution in [0.2, 0.25) is 0 Å². The average molecular weight is 444 g/mol. The number of alkyl halides is 1. The lowest BCUT2D eigenvalue weighted by Gasteiger charge is -2.26. The molecule has 1 aliphatic heterocycles. The lowest BCUT2D eigenvalue weighted by molar-refractivity contribution is -0.117. The fourth-order valence-corrected chi connectivity index (χ4v) is 3.67. The number of hydrogen-bond acceptors (Lipinski definition) is 1. The van der Waals surface area contributed by atoms with Crippen LogP contribution in [0.4, 0.5) is 11.4 Å². The van der Waals surface area contributed by atoms with Crippen LogP contribution in [0.1, 0.15) is 18.1 Å². The van der Waals surface area contributed by atoms with Crippen molar-refractivity contribution in [3.63, 3.8) is 0 Å². The first kappa shape index (κ1) is 16.0. The van der Waals surface area contributed by atoms with E-state index in [0.29, 0.717) is 0 Å². The number of aryl methyl sites for hydroxylation is 2. The second-order valence-corrected chi connectivity index (χ2v) is 7.82. The van der Waals surface area contributed by atoms with Gasteiger partial charge in [0.15, 0.2) is 0 Å². The number of fused-ring (bicyclic) bond motifs is 2. The van der Waals surface area contributed by atoms with Crippen molar-refractivity contribution in [1.82, 2.24) is 0 Å². The Labute approximate surface area is 151 Å². The standard InChI is InChI=1S/C17H14Br2ClNO/c1-10(20)17(22)21-15-6-4-13(18)8-11(15)2-3-12-9-14(19)5-7-16(12)21/h4-10H,2-3H2,1H3.